The molecule has 2 aliphatic carbocycles. The van der Waals surface area contributed by atoms with Crippen molar-refractivity contribution in [3.05, 3.63) is 105 Å². The topological polar surface area (TPSA) is 122 Å². The van der Waals surface area contributed by atoms with E-state index in [2.05, 4.69) is 46.7 Å². The molecule has 246 valence electrons. The Bertz CT molecular complexity index is 2070. The molecular formula is C39H38N2O7. The van der Waals surface area contributed by atoms with Crippen molar-refractivity contribution < 1.29 is 34.3 Å². The molecule has 0 saturated heterocycles. The van der Waals surface area contributed by atoms with Crippen molar-refractivity contribution in [1.82, 2.24) is 5.32 Å². The minimum absolute atomic E-state index is 0.0453. The predicted molar refractivity (Wildman–Crippen MR) is 181 cm³/mol. The number of phenolic OH excluding ortho intramolecular Hbond substituents is 2. The zero-order valence-corrected chi connectivity index (χ0v) is 26.9. The number of nitrogens with one attached hydrogen (secondary N) is 1. The van der Waals surface area contributed by atoms with Crippen LogP contribution < -0.4 is 30.1 Å². The third-order valence-electron chi connectivity index (χ3n) is 10.0. The van der Waals surface area contributed by atoms with Gasteiger partial charge in [-0.1, -0.05) is 36.4 Å². The number of allylic oxidation sites excluding steroid dienone is 1. The SMILES string of the molecule is CNCOC1Cc2c(cc(OCCO)c3c2CC2c4c-3ccc(O)c4C=CC2c2ccc3c(c2)=CCN=3)OC1c1ccc(O)c(OC)c1. The highest BCUT2D eigenvalue weighted by Crippen LogP contribution is 2.57. The highest BCUT2D eigenvalue weighted by atomic mass is 16.6. The Balaban J connectivity index is 1.29. The zero-order valence-electron chi connectivity index (χ0n) is 26.9. The molecule has 0 amide bonds. The first-order valence-electron chi connectivity index (χ1n) is 16.4. The molecule has 4 N–H and O–H groups in total. The average Bonchev–Trinajstić information content (AvgIpc) is 3.59. The smallest absolute Gasteiger partial charge is 0.160 e. The van der Waals surface area contributed by atoms with Gasteiger partial charge in [0.2, 0.25) is 0 Å². The van der Waals surface area contributed by atoms with Crippen molar-refractivity contribution in [3.63, 3.8) is 0 Å². The summed E-state index contributed by atoms with van der Waals surface area (Å²) in [5, 5.41) is 36.4. The van der Waals surface area contributed by atoms with E-state index in [4.69, 9.17) is 18.9 Å². The third-order valence-corrected chi connectivity index (χ3v) is 10.0. The molecule has 0 radical (unpaired) electrons. The van der Waals surface area contributed by atoms with Gasteiger partial charge in [0.05, 0.1) is 32.3 Å². The normalized spacial score (nSPS) is 21.1. The van der Waals surface area contributed by atoms with E-state index in [1.807, 2.05) is 25.2 Å². The first kappa shape index (κ1) is 30.5. The summed E-state index contributed by atoms with van der Waals surface area (Å²) in [6.07, 6.45) is 6.88. The molecule has 48 heavy (non-hydrogen) atoms. The molecule has 2 aliphatic heterocycles. The molecule has 4 unspecified atom stereocenters. The monoisotopic (exact) mass is 646 g/mol. The van der Waals surface area contributed by atoms with Crippen LogP contribution in [-0.2, 0) is 17.6 Å². The lowest BCUT2D eigenvalue weighted by atomic mass is 9.66. The molecule has 0 bridgehead atoms. The number of hydrogen-bond acceptors (Lipinski definition) is 9. The fraction of sp³-hybridized carbons (Fsp3) is 0.308. The molecule has 9 nitrogen and oxygen atoms in total. The van der Waals surface area contributed by atoms with Crippen molar-refractivity contribution in [2.24, 2.45) is 4.99 Å². The lowest BCUT2D eigenvalue weighted by molar-refractivity contribution is -0.0429. The van der Waals surface area contributed by atoms with Crippen molar-refractivity contribution in [2.45, 2.75) is 36.9 Å². The van der Waals surface area contributed by atoms with Crippen LogP contribution in [0, 0.1) is 0 Å². The summed E-state index contributed by atoms with van der Waals surface area (Å²) in [6.45, 7) is 1.03. The van der Waals surface area contributed by atoms with Gasteiger partial charge in [-0.25, -0.2) is 0 Å². The summed E-state index contributed by atoms with van der Waals surface area (Å²) in [4.78, 5) is 4.59. The lowest BCUT2D eigenvalue weighted by Gasteiger charge is -2.41. The third kappa shape index (κ3) is 5.01. The van der Waals surface area contributed by atoms with Gasteiger partial charge in [-0.3, -0.25) is 10.3 Å². The number of aromatic hydroxyl groups is 2. The van der Waals surface area contributed by atoms with Gasteiger partial charge < -0.3 is 34.3 Å². The Hall–Kier alpha value is -4.83. The van der Waals surface area contributed by atoms with Gasteiger partial charge in [0.15, 0.2) is 17.6 Å². The minimum atomic E-state index is -0.484. The number of nitrogens with zero attached hydrogens (tertiary/aromatic N) is 1. The molecule has 0 saturated carbocycles. The molecule has 4 aromatic carbocycles. The highest BCUT2D eigenvalue weighted by Gasteiger charge is 2.41. The van der Waals surface area contributed by atoms with Gasteiger partial charge in [0.25, 0.3) is 0 Å². The van der Waals surface area contributed by atoms with Crippen molar-refractivity contribution in [3.8, 4) is 39.9 Å². The molecule has 4 aliphatic rings. The second-order valence-corrected chi connectivity index (χ2v) is 12.7. The fourth-order valence-electron chi connectivity index (χ4n) is 7.91. The maximum Gasteiger partial charge on any atom is 0.160 e. The van der Waals surface area contributed by atoms with Crippen LogP contribution in [0.2, 0.25) is 0 Å². The van der Waals surface area contributed by atoms with Gasteiger partial charge >= 0.3 is 0 Å². The quantitative estimate of drug-likeness (QED) is 0.199. The minimum Gasteiger partial charge on any atom is -0.507 e. The number of rotatable bonds is 9. The van der Waals surface area contributed by atoms with Crippen LogP contribution in [0.3, 0.4) is 0 Å². The van der Waals surface area contributed by atoms with Crippen molar-refractivity contribution >= 4 is 12.2 Å². The second-order valence-electron chi connectivity index (χ2n) is 12.7. The molecule has 4 aromatic rings. The van der Waals surface area contributed by atoms with Crippen LogP contribution in [0.1, 0.15) is 51.3 Å². The Labute approximate surface area is 278 Å². The molecular weight excluding hydrogens is 608 g/mol. The van der Waals surface area contributed by atoms with Crippen LogP contribution in [-0.4, -0.2) is 62.1 Å². The van der Waals surface area contributed by atoms with Crippen LogP contribution >= 0.6 is 0 Å². The number of phenols is 2. The van der Waals surface area contributed by atoms with E-state index in [9.17, 15) is 15.3 Å². The molecule has 4 atom stereocenters. The second kappa shape index (κ2) is 12.3. The number of fused-ring (bicyclic) bond motifs is 5. The van der Waals surface area contributed by atoms with E-state index in [-0.39, 0.29) is 42.7 Å². The first-order valence-corrected chi connectivity index (χ1v) is 16.4. The first-order chi connectivity index (χ1) is 23.5. The van der Waals surface area contributed by atoms with E-state index >= 15 is 0 Å². The lowest BCUT2D eigenvalue weighted by Crippen LogP contribution is -2.36. The van der Waals surface area contributed by atoms with Gasteiger partial charge in [-0.15, -0.1) is 0 Å². The predicted octanol–water partition coefficient (Wildman–Crippen LogP) is 4.25. The van der Waals surface area contributed by atoms with Crippen LogP contribution in [0.4, 0.5) is 0 Å². The number of methoxy groups -OCH3 is 1. The molecule has 8 rings (SSSR count). The van der Waals surface area contributed by atoms with E-state index in [0.717, 1.165) is 49.5 Å². The number of benzene rings is 4. The molecule has 2 heterocycles. The maximum atomic E-state index is 11.1. The number of hydrogen-bond donors (Lipinski definition) is 4. The Morgan fingerprint density at radius 1 is 0.958 bits per heavy atom. The largest absolute Gasteiger partial charge is 0.507 e. The van der Waals surface area contributed by atoms with E-state index in [1.54, 1.807) is 18.2 Å². The highest BCUT2D eigenvalue weighted by molar-refractivity contribution is 5.87. The Morgan fingerprint density at radius 3 is 2.65 bits per heavy atom. The zero-order chi connectivity index (χ0) is 32.9. The summed E-state index contributed by atoms with van der Waals surface area (Å²) < 4.78 is 24.9. The van der Waals surface area contributed by atoms with Gasteiger partial charge in [0.1, 0.15) is 30.0 Å². The van der Waals surface area contributed by atoms with Crippen LogP contribution in [0.25, 0.3) is 23.3 Å². The number of aliphatic hydroxyl groups excluding tert-OH is 1. The Kier molecular flexibility index (Phi) is 7.83. The number of ether oxygens (including phenoxy) is 4. The Morgan fingerprint density at radius 2 is 1.81 bits per heavy atom. The summed E-state index contributed by atoms with van der Waals surface area (Å²) in [5.41, 5.74) is 8.12. The van der Waals surface area contributed by atoms with Crippen LogP contribution in [0.15, 0.2) is 65.7 Å². The van der Waals surface area contributed by atoms with Gasteiger partial charge in [0, 0.05) is 35.1 Å². The fourth-order valence-corrected chi connectivity index (χ4v) is 7.91. The standard InChI is InChI=1S/C39H38N2O7/c1-40-20-47-36-18-27-29-17-28-24(21-3-8-30-22(15-21)11-12-41-30)5-6-25-31(43)10-7-26(37(25)28)38(29)35(46-14-13-42)19-33(27)48-39(36)23-4-9-32(44)34(16-23)45-2/h3-11,15-16,19,24,28,36,39-40,42-44H,12-14,17-18,20H2,1-2H3. The molecule has 9 heteroatoms. The van der Waals surface area contributed by atoms with E-state index in [1.165, 1.54) is 12.7 Å². The molecule has 0 fully saturated rings. The van der Waals surface area contributed by atoms with Gasteiger partial charge in [-0.05, 0) is 82.8 Å². The van der Waals surface area contributed by atoms with Gasteiger partial charge in [-0.2, -0.15) is 0 Å². The summed E-state index contributed by atoms with van der Waals surface area (Å²) in [5.74, 6) is 2.10. The van der Waals surface area contributed by atoms with Crippen molar-refractivity contribution in [2.75, 3.05) is 40.6 Å². The summed E-state index contributed by atoms with van der Waals surface area (Å²) in [7, 11) is 3.36. The van der Waals surface area contributed by atoms with E-state index < -0.39 is 6.10 Å². The maximum absolute atomic E-state index is 11.1. The summed E-state index contributed by atoms with van der Waals surface area (Å²) in [6, 6.07) is 17.4. The van der Waals surface area contributed by atoms with Crippen molar-refractivity contribution in [1.29, 1.82) is 0 Å². The summed E-state index contributed by atoms with van der Waals surface area (Å²) >= 11 is 0. The number of aliphatic hydroxyl groups is 1. The van der Waals surface area contributed by atoms with Crippen LogP contribution in [0.5, 0.6) is 28.7 Å². The molecule has 0 aromatic heterocycles. The average molecular weight is 647 g/mol. The van der Waals surface area contributed by atoms with E-state index in [0.29, 0.717) is 43.4 Å². The molecule has 0 spiro atoms.